The van der Waals surface area contributed by atoms with Gasteiger partial charge in [-0.15, -0.1) is 0 Å². The van der Waals surface area contributed by atoms with Crippen molar-refractivity contribution in [2.45, 2.75) is 12.5 Å². The predicted molar refractivity (Wildman–Crippen MR) is 94.3 cm³/mol. The van der Waals surface area contributed by atoms with Crippen molar-refractivity contribution < 1.29 is 4.74 Å². The van der Waals surface area contributed by atoms with Crippen LogP contribution in [0.15, 0.2) is 23.6 Å². The molecule has 2 N–H and O–H groups in total. The normalized spacial score (nSPS) is 22.6. The molecule has 8 heteroatoms. The van der Waals surface area contributed by atoms with E-state index in [0.717, 1.165) is 64.3 Å². The lowest BCUT2D eigenvalue weighted by Gasteiger charge is -2.32. The number of nitrogens with zero attached hydrogens (tertiary/aromatic N) is 5. The summed E-state index contributed by atoms with van der Waals surface area (Å²) in [5, 5.41) is 6.67. The maximum absolute atomic E-state index is 5.45. The quantitative estimate of drug-likeness (QED) is 0.441. The SMILES string of the molecule is CN=C(NCCNc1cnccn1)N1CCC(N2CCOCC2)C1. The number of guanidine groups is 1. The molecule has 0 aromatic carbocycles. The van der Waals surface area contributed by atoms with Gasteiger partial charge in [-0.2, -0.15) is 0 Å². The monoisotopic (exact) mass is 333 g/mol. The number of hydrogen-bond acceptors (Lipinski definition) is 6. The first-order valence-electron chi connectivity index (χ1n) is 8.64. The minimum atomic E-state index is 0.616. The van der Waals surface area contributed by atoms with E-state index < -0.39 is 0 Å². The summed E-state index contributed by atoms with van der Waals surface area (Å²) in [7, 11) is 1.85. The van der Waals surface area contributed by atoms with Crippen molar-refractivity contribution in [3.63, 3.8) is 0 Å². The van der Waals surface area contributed by atoms with Gasteiger partial charge in [0.1, 0.15) is 5.82 Å². The lowest BCUT2D eigenvalue weighted by molar-refractivity contribution is 0.0195. The largest absolute Gasteiger partial charge is 0.379 e. The summed E-state index contributed by atoms with van der Waals surface area (Å²) in [6.07, 6.45) is 6.27. The average Bonchev–Trinajstić information content (AvgIpc) is 3.13. The van der Waals surface area contributed by atoms with Crippen LogP contribution in [-0.2, 0) is 4.74 Å². The van der Waals surface area contributed by atoms with E-state index in [1.54, 1.807) is 18.6 Å². The average molecular weight is 333 g/mol. The molecular weight excluding hydrogens is 306 g/mol. The Hall–Kier alpha value is -1.93. The van der Waals surface area contributed by atoms with Gasteiger partial charge >= 0.3 is 0 Å². The molecule has 8 nitrogen and oxygen atoms in total. The van der Waals surface area contributed by atoms with Gasteiger partial charge < -0.3 is 20.3 Å². The number of hydrogen-bond donors (Lipinski definition) is 2. The fourth-order valence-corrected chi connectivity index (χ4v) is 3.26. The Morgan fingerprint density at radius 1 is 1.29 bits per heavy atom. The van der Waals surface area contributed by atoms with Gasteiger partial charge in [-0.05, 0) is 6.42 Å². The molecule has 0 saturated carbocycles. The Bertz CT molecular complexity index is 518. The van der Waals surface area contributed by atoms with Crippen LogP contribution >= 0.6 is 0 Å². The molecule has 132 valence electrons. The molecule has 0 amide bonds. The molecule has 1 aromatic rings. The summed E-state index contributed by atoms with van der Waals surface area (Å²) in [4.78, 5) is 17.6. The van der Waals surface area contributed by atoms with E-state index in [1.165, 1.54) is 6.42 Å². The van der Waals surface area contributed by atoms with Crippen molar-refractivity contribution in [3.8, 4) is 0 Å². The molecule has 0 radical (unpaired) electrons. The van der Waals surface area contributed by atoms with Gasteiger partial charge in [0.05, 0.1) is 19.4 Å². The second kappa shape index (κ2) is 8.79. The second-order valence-electron chi connectivity index (χ2n) is 6.03. The number of morpholine rings is 1. The Balaban J connectivity index is 1.40. The van der Waals surface area contributed by atoms with Crippen LogP contribution in [0.1, 0.15) is 6.42 Å². The second-order valence-corrected chi connectivity index (χ2v) is 6.03. The van der Waals surface area contributed by atoms with Crippen molar-refractivity contribution in [2.75, 3.05) is 64.8 Å². The number of ether oxygens (including phenoxy) is 1. The standard InChI is InChI=1S/C16H27N7O/c1-17-16(21-6-5-20-15-12-18-3-4-19-15)23-7-2-14(13-23)22-8-10-24-11-9-22/h3-4,12,14H,2,5-11,13H2,1H3,(H,17,21)(H,19,20). The Morgan fingerprint density at radius 2 is 2.17 bits per heavy atom. The van der Waals surface area contributed by atoms with Crippen LogP contribution in [-0.4, -0.2) is 91.3 Å². The van der Waals surface area contributed by atoms with Gasteiger partial charge in [-0.1, -0.05) is 0 Å². The fraction of sp³-hybridized carbons (Fsp3) is 0.688. The molecule has 3 rings (SSSR count). The van der Waals surface area contributed by atoms with Gasteiger partial charge in [-0.25, -0.2) is 4.98 Å². The molecular formula is C16H27N7O. The molecule has 0 spiro atoms. The van der Waals surface area contributed by atoms with Gasteiger partial charge in [0.15, 0.2) is 5.96 Å². The van der Waals surface area contributed by atoms with Gasteiger partial charge in [-0.3, -0.25) is 14.9 Å². The van der Waals surface area contributed by atoms with Crippen molar-refractivity contribution in [2.24, 2.45) is 4.99 Å². The maximum atomic E-state index is 5.45. The van der Waals surface area contributed by atoms with E-state index in [2.05, 4.69) is 35.4 Å². The number of anilines is 1. The number of likely N-dealkylation sites (tertiary alicyclic amines) is 1. The molecule has 2 saturated heterocycles. The summed E-state index contributed by atoms with van der Waals surface area (Å²) in [5.41, 5.74) is 0. The zero-order valence-electron chi connectivity index (χ0n) is 14.3. The van der Waals surface area contributed by atoms with Crippen molar-refractivity contribution in [1.29, 1.82) is 0 Å². The lowest BCUT2D eigenvalue weighted by atomic mass is 10.2. The third kappa shape index (κ3) is 4.55. The minimum Gasteiger partial charge on any atom is -0.379 e. The third-order valence-electron chi connectivity index (χ3n) is 4.51. The van der Waals surface area contributed by atoms with Crippen LogP contribution in [0.25, 0.3) is 0 Å². The Morgan fingerprint density at radius 3 is 2.92 bits per heavy atom. The maximum Gasteiger partial charge on any atom is 0.193 e. The van der Waals surface area contributed by atoms with Crippen molar-refractivity contribution >= 4 is 11.8 Å². The molecule has 2 fully saturated rings. The van der Waals surface area contributed by atoms with Gasteiger partial charge in [0.25, 0.3) is 0 Å². The van der Waals surface area contributed by atoms with E-state index >= 15 is 0 Å². The molecule has 3 heterocycles. The Labute approximate surface area is 143 Å². The molecule has 1 aromatic heterocycles. The minimum absolute atomic E-state index is 0.616. The first kappa shape index (κ1) is 16.9. The van der Waals surface area contributed by atoms with Gasteiger partial charge in [0.2, 0.25) is 0 Å². The van der Waals surface area contributed by atoms with E-state index in [-0.39, 0.29) is 0 Å². The molecule has 1 unspecified atom stereocenters. The van der Waals surface area contributed by atoms with Crippen LogP contribution in [0.5, 0.6) is 0 Å². The summed E-state index contributed by atoms with van der Waals surface area (Å²) < 4.78 is 5.45. The summed E-state index contributed by atoms with van der Waals surface area (Å²) in [5.74, 6) is 1.77. The number of rotatable bonds is 5. The van der Waals surface area contributed by atoms with Crippen LogP contribution in [0.3, 0.4) is 0 Å². The number of nitrogens with one attached hydrogen (secondary N) is 2. The van der Waals surface area contributed by atoms with Crippen LogP contribution in [0.4, 0.5) is 5.82 Å². The summed E-state index contributed by atoms with van der Waals surface area (Å²) in [6, 6.07) is 0.616. The van der Waals surface area contributed by atoms with E-state index in [4.69, 9.17) is 4.74 Å². The highest BCUT2D eigenvalue weighted by molar-refractivity contribution is 5.80. The summed E-state index contributed by atoms with van der Waals surface area (Å²) >= 11 is 0. The predicted octanol–water partition coefficient (Wildman–Crippen LogP) is -0.130. The number of aromatic nitrogens is 2. The van der Waals surface area contributed by atoms with Crippen LogP contribution < -0.4 is 10.6 Å². The smallest absolute Gasteiger partial charge is 0.193 e. The van der Waals surface area contributed by atoms with Crippen LogP contribution in [0, 0.1) is 0 Å². The number of aliphatic imine (C=N–C) groups is 1. The van der Waals surface area contributed by atoms with E-state index in [0.29, 0.717) is 6.04 Å². The van der Waals surface area contributed by atoms with Crippen molar-refractivity contribution in [1.82, 2.24) is 25.1 Å². The molecule has 24 heavy (non-hydrogen) atoms. The molecule has 0 aliphatic carbocycles. The zero-order valence-corrected chi connectivity index (χ0v) is 14.3. The van der Waals surface area contributed by atoms with Gasteiger partial charge in [0, 0.05) is 64.8 Å². The highest BCUT2D eigenvalue weighted by Gasteiger charge is 2.30. The molecule has 1 atom stereocenters. The lowest BCUT2D eigenvalue weighted by Crippen LogP contribution is -2.47. The Kier molecular flexibility index (Phi) is 6.20. The topological polar surface area (TPSA) is 77.9 Å². The van der Waals surface area contributed by atoms with Crippen molar-refractivity contribution in [3.05, 3.63) is 18.6 Å². The molecule has 2 aliphatic rings. The van der Waals surface area contributed by atoms with E-state index in [1.807, 2.05) is 7.05 Å². The fourth-order valence-electron chi connectivity index (χ4n) is 3.26. The van der Waals surface area contributed by atoms with E-state index in [9.17, 15) is 0 Å². The zero-order chi connectivity index (χ0) is 16.6. The first-order valence-corrected chi connectivity index (χ1v) is 8.64. The summed E-state index contributed by atoms with van der Waals surface area (Å²) in [6.45, 7) is 7.48. The third-order valence-corrected chi connectivity index (χ3v) is 4.51. The molecule has 0 bridgehead atoms. The van der Waals surface area contributed by atoms with Crippen LogP contribution in [0.2, 0.25) is 0 Å². The first-order chi connectivity index (χ1) is 11.9. The highest BCUT2D eigenvalue weighted by Crippen LogP contribution is 2.16. The highest BCUT2D eigenvalue weighted by atomic mass is 16.5. The molecule has 2 aliphatic heterocycles.